The molecule has 4 atom stereocenters. The molecule has 1 saturated heterocycles. The minimum Gasteiger partial charge on any atom is -0.337 e. The van der Waals surface area contributed by atoms with Crippen LogP contribution in [0.5, 0.6) is 0 Å². The average Bonchev–Trinajstić information content (AvgIpc) is 3.51. The molecule has 0 bridgehead atoms. The summed E-state index contributed by atoms with van der Waals surface area (Å²) in [6, 6.07) is 10.1. The molecular weight excluding hydrogens is 428 g/mol. The number of pyridine rings is 2. The second-order valence-corrected chi connectivity index (χ2v) is 8.20. The van der Waals surface area contributed by atoms with E-state index in [0.717, 1.165) is 11.6 Å². The summed E-state index contributed by atoms with van der Waals surface area (Å²) < 4.78 is 3.95. The van der Waals surface area contributed by atoms with E-state index in [-0.39, 0.29) is 24.2 Å². The first-order valence-electron chi connectivity index (χ1n) is 10.8. The predicted octanol–water partition coefficient (Wildman–Crippen LogP) is 2.14. The Kier molecular flexibility index (Phi) is 5.60. The predicted molar refractivity (Wildman–Crippen MR) is 122 cm³/mol. The Morgan fingerprint density at radius 1 is 0.676 bits per heavy atom. The van der Waals surface area contributed by atoms with Gasteiger partial charge >= 0.3 is 0 Å². The molecule has 10 nitrogen and oxygen atoms in total. The molecule has 1 aliphatic heterocycles. The van der Waals surface area contributed by atoms with Crippen molar-refractivity contribution in [2.75, 3.05) is 0 Å². The van der Waals surface area contributed by atoms with Crippen molar-refractivity contribution in [3.05, 3.63) is 95.6 Å². The summed E-state index contributed by atoms with van der Waals surface area (Å²) in [4.78, 5) is 18.4. The summed E-state index contributed by atoms with van der Waals surface area (Å²) in [6.07, 6.45) is 10.6. The largest absolute Gasteiger partial charge is 0.337 e. The first-order valence-corrected chi connectivity index (χ1v) is 10.8. The summed E-state index contributed by atoms with van der Waals surface area (Å²) in [5, 5.41) is 26.4. The molecule has 168 valence electrons. The number of hydrogen-bond donors (Lipinski definition) is 2. The Morgan fingerprint density at radius 2 is 1.12 bits per heavy atom. The molecule has 0 spiro atoms. The van der Waals surface area contributed by atoms with Crippen molar-refractivity contribution in [1.82, 2.24) is 39.7 Å². The van der Waals surface area contributed by atoms with Gasteiger partial charge in [0.05, 0.1) is 58.8 Å². The van der Waals surface area contributed by atoms with Crippen molar-refractivity contribution < 1.29 is 0 Å². The third kappa shape index (κ3) is 3.82. The van der Waals surface area contributed by atoms with E-state index in [9.17, 15) is 10.5 Å². The van der Waals surface area contributed by atoms with Crippen molar-refractivity contribution in [3.63, 3.8) is 0 Å². The van der Waals surface area contributed by atoms with Crippen LogP contribution in [0.25, 0.3) is 0 Å². The first kappa shape index (κ1) is 21.5. The number of aromatic nitrogens is 6. The highest BCUT2D eigenvalue weighted by Crippen LogP contribution is 2.41. The van der Waals surface area contributed by atoms with E-state index in [1.54, 1.807) is 49.1 Å². The average molecular weight is 451 g/mol. The van der Waals surface area contributed by atoms with E-state index in [0.29, 0.717) is 22.5 Å². The van der Waals surface area contributed by atoms with Gasteiger partial charge in [0.25, 0.3) is 0 Å². The van der Waals surface area contributed by atoms with E-state index in [1.807, 2.05) is 35.6 Å². The minimum atomic E-state index is -0.354. The Bertz CT molecular complexity index is 1300. The van der Waals surface area contributed by atoms with Gasteiger partial charge in [-0.1, -0.05) is 0 Å². The van der Waals surface area contributed by atoms with Crippen molar-refractivity contribution in [1.29, 1.82) is 10.5 Å². The highest BCUT2D eigenvalue weighted by molar-refractivity contribution is 5.35. The van der Waals surface area contributed by atoms with E-state index < -0.39 is 0 Å². The fraction of sp³-hybridized carbons (Fsp3) is 0.250. The first-order chi connectivity index (χ1) is 16.6. The Balaban J connectivity index is 1.66. The van der Waals surface area contributed by atoms with Crippen LogP contribution < -0.4 is 10.6 Å². The monoisotopic (exact) mass is 450 g/mol. The molecule has 0 saturated carbocycles. The number of imidazole rings is 2. The molecule has 34 heavy (non-hydrogen) atoms. The molecule has 2 N–H and O–H groups in total. The molecule has 5 heterocycles. The van der Waals surface area contributed by atoms with Gasteiger partial charge in [0.1, 0.15) is 11.6 Å². The van der Waals surface area contributed by atoms with Gasteiger partial charge in [0.2, 0.25) is 0 Å². The number of nitriles is 2. The second kappa shape index (κ2) is 8.87. The SMILES string of the molecule is Cn1ccnc1[C@H]1N[C@@H](c2cc(C#N)ccn2)[C@H](c2cc(C#N)ccn2)N[C@@H]1c1nccn1C. The maximum absolute atomic E-state index is 9.46. The Hall–Kier alpha value is -4.38. The zero-order valence-electron chi connectivity index (χ0n) is 18.7. The van der Waals surface area contributed by atoms with Crippen LogP contribution >= 0.6 is 0 Å². The maximum atomic E-state index is 9.46. The van der Waals surface area contributed by atoms with Crippen LogP contribution in [0.15, 0.2) is 61.4 Å². The number of rotatable bonds is 4. The van der Waals surface area contributed by atoms with Crippen LogP contribution in [-0.2, 0) is 14.1 Å². The van der Waals surface area contributed by atoms with Gasteiger partial charge < -0.3 is 9.13 Å². The summed E-state index contributed by atoms with van der Waals surface area (Å²) in [7, 11) is 3.90. The van der Waals surface area contributed by atoms with Crippen LogP contribution in [0.1, 0.15) is 58.3 Å². The van der Waals surface area contributed by atoms with Crippen molar-refractivity contribution in [3.8, 4) is 12.1 Å². The Morgan fingerprint density at radius 3 is 1.47 bits per heavy atom. The number of piperazine rings is 1. The molecule has 4 aromatic rings. The smallest absolute Gasteiger partial charge is 0.127 e. The molecule has 1 aliphatic rings. The number of nitrogens with zero attached hydrogens (tertiary/aromatic N) is 8. The van der Waals surface area contributed by atoms with Crippen molar-refractivity contribution in [2.45, 2.75) is 24.2 Å². The van der Waals surface area contributed by atoms with Gasteiger partial charge in [-0.3, -0.25) is 20.6 Å². The molecule has 10 heteroatoms. The zero-order chi connectivity index (χ0) is 23.7. The van der Waals surface area contributed by atoms with Gasteiger partial charge in [-0.25, -0.2) is 9.97 Å². The number of nitrogens with one attached hydrogen (secondary N) is 2. The van der Waals surface area contributed by atoms with E-state index >= 15 is 0 Å². The van der Waals surface area contributed by atoms with Crippen LogP contribution in [0.2, 0.25) is 0 Å². The lowest BCUT2D eigenvalue weighted by molar-refractivity contribution is 0.190. The molecule has 0 radical (unpaired) electrons. The van der Waals surface area contributed by atoms with Gasteiger partial charge in [-0.15, -0.1) is 0 Å². The molecule has 0 aliphatic carbocycles. The molecule has 0 unspecified atom stereocenters. The summed E-state index contributed by atoms with van der Waals surface area (Å²) in [5.74, 6) is 1.67. The van der Waals surface area contributed by atoms with Gasteiger partial charge in [0, 0.05) is 51.3 Å². The molecule has 1 fully saturated rings. The maximum Gasteiger partial charge on any atom is 0.127 e. The summed E-state index contributed by atoms with van der Waals surface area (Å²) >= 11 is 0. The lowest BCUT2D eigenvalue weighted by atomic mass is 9.90. The Labute approximate surface area is 196 Å². The van der Waals surface area contributed by atoms with Crippen LogP contribution in [0.3, 0.4) is 0 Å². The third-order valence-corrected chi connectivity index (χ3v) is 6.12. The number of hydrogen-bond acceptors (Lipinski definition) is 8. The summed E-state index contributed by atoms with van der Waals surface area (Å²) in [6.45, 7) is 0. The topological polar surface area (TPSA) is 133 Å². The van der Waals surface area contributed by atoms with Gasteiger partial charge in [-0.05, 0) is 24.3 Å². The fourth-order valence-electron chi connectivity index (χ4n) is 4.46. The second-order valence-electron chi connectivity index (χ2n) is 8.20. The molecule has 5 rings (SSSR count). The lowest BCUT2D eigenvalue weighted by Gasteiger charge is -2.42. The molecule has 0 aromatic carbocycles. The van der Waals surface area contributed by atoms with Gasteiger partial charge in [-0.2, -0.15) is 10.5 Å². The molecular formula is C24H22N10. The van der Waals surface area contributed by atoms with Crippen molar-refractivity contribution >= 4 is 0 Å². The van der Waals surface area contributed by atoms with E-state index in [2.05, 4.69) is 42.7 Å². The van der Waals surface area contributed by atoms with Crippen LogP contribution in [-0.4, -0.2) is 29.1 Å². The summed E-state index contributed by atoms with van der Waals surface area (Å²) in [5.41, 5.74) is 2.42. The standard InChI is InChI=1S/C24H22N10/c1-33-9-7-29-23(33)21-22(24-30-8-10-34(24)2)32-20(18-12-16(14-26)4-6-28-18)19(31-21)17-11-15(13-25)3-5-27-17/h3-12,19-22,31-32H,1-2H3/t19-,20-,21-,22-/m0/s1. The van der Waals surface area contributed by atoms with E-state index in [1.165, 1.54) is 0 Å². The van der Waals surface area contributed by atoms with Crippen LogP contribution in [0.4, 0.5) is 0 Å². The normalized spacial score (nSPS) is 22.1. The highest BCUT2D eigenvalue weighted by atomic mass is 15.2. The third-order valence-electron chi connectivity index (χ3n) is 6.12. The van der Waals surface area contributed by atoms with Gasteiger partial charge in [0.15, 0.2) is 0 Å². The molecule has 0 amide bonds. The molecule has 4 aromatic heterocycles. The number of aryl methyl sites for hydroxylation is 2. The highest BCUT2D eigenvalue weighted by Gasteiger charge is 2.43. The zero-order valence-corrected chi connectivity index (χ0v) is 18.7. The minimum absolute atomic E-state index is 0.256. The fourth-order valence-corrected chi connectivity index (χ4v) is 4.46. The lowest BCUT2D eigenvalue weighted by Crippen LogP contribution is -2.51. The van der Waals surface area contributed by atoms with Crippen LogP contribution in [0, 0.1) is 22.7 Å². The quantitative estimate of drug-likeness (QED) is 0.483. The van der Waals surface area contributed by atoms with E-state index in [4.69, 9.17) is 0 Å². The van der Waals surface area contributed by atoms with Crippen molar-refractivity contribution in [2.24, 2.45) is 14.1 Å².